The first-order chi connectivity index (χ1) is 11.3. The molecule has 1 aliphatic rings. The zero-order chi connectivity index (χ0) is 17.9. The van der Waals surface area contributed by atoms with E-state index < -0.39 is 0 Å². The maximum Gasteiger partial charge on any atom is 0.409 e. The Labute approximate surface area is 144 Å². The van der Waals surface area contributed by atoms with Gasteiger partial charge in [-0.15, -0.1) is 0 Å². The average Bonchev–Trinajstić information content (AvgIpc) is 2.82. The maximum atomic E-state index is 12.8. The molecule has 1 saturated heterocycles. The van der Waals surface area contributed by atoms with Crippen molar-refractivity contribution in [2.75, 3.05) is 33.3 Å². The van der Waals surface area contributed by atoms with Crippen LogP contribution in [0.2, 0.25) is 0 Å². The van der Waals surface area contributed by atoms with E-state index in [2.05, 4.69) is 33.8 Å². The van der Waals surface area contributed by atoms with Crippen molar-refractivity contribution >= 4 is 12.0 Å². The largest absolute Gasteiger partial charge is 0.453 e. The molecule has 5 nitrogen and oxygen atoms in total. The van der Waals surface area contributed by atoms with Crippen LogP contribution in [0.3, 0.4) is 0 Å². The molecule has 0 unspecified atom stereocenters. The van der Waals surface area contributed by atoms with Crippen molar-refractivity contribution in [2.45, 2.75) is 40.5 Å². The molecule has 0 aromatic heterocycles. The Bertz CT molecular complexity index is 614. The highest BCUT2D eigenvalue weighted by atomic mass is 16.5. The summed E-state index contributed by atoms with van der Waals surface area (Å²) >= 11 is 0. The highest BCUT2D eigenvalue weighted by molar-refractivity contribution is 5.80. The molecule has 0 N–H and O–H groups in total. The Morgan fingerprint density at radius 2 is 1.50 bits per heavy atom. The number of hydrogen-bond acceptors (Lipinski definition) is 3. The van der Waals surface area contributed by atoms with Crippen molar-refractivity contribution in [1.82, 2.24) is 9.80 Å². The topological polar surface area (TPSA) is 49.9 Å². The number of amides is 2. The van der Waals surface area contributed by atoms with Gasteiger partial charge >= 0.3 is 6.09 Å². The molecule has 0 saturated carbocycles. The molecule has 1 aromatic carbocycles. The van der Waals surface area contributed by atoms with Crippen molar-refractivity contribution < 1.29 is 14.3 Å². The van der Waals surface area contributed by atoms with Crippen LogP contribution >= 0.6 is 0 Å². The summed E-state index contributed by atoms with van der Waals surface area (Å²) in [6.07, 6.45) is 0.898. The highest BCUT2D eigenvalue weighted by Crippen LogP contribution is 2.23. The van der Waals surface area contributed by atoms with Crippen LogP contribution in [0.15, 0.2) is 6.07 Å². The summed E-state index contributed by atoms with van der Waals surface area (Å²) in [5.41, 5.74) is 6.02. The minimum Gasteiger partial charge on any atom is -0.453 e. The summed E-state index contributed by atoms with van der Waals surface area (Å²) in [5, 5.41) is 0. The predicted octanol–water partition coefficient (Wildman–Crippen LogP) is 2.76. The number of carbonyl (C=O) groups excluding carboxylic acids is 2. The zero-order valence-corrected chi connectivity index (χ0v) is 15.4. The summed E-state index contributed by atoms with van der Waals surface area (Å²) in [6, 6.07) is 2.18. The first-order valence-electron chi connectivity index (χ1n) is 8.52. The zero-order valence-electron chi connectivity index (χ0n) is 15.4. The SMILES string of the molecule is COC(=O)N1CCCN(C(=O)Cc2c(C)c(C)cc(C)c2C)CC1. The first kappa shape index (κ1) is 18.3. The molecule has 0 bridgehead atoms. The van der Waals surface area contributed by atoms with E-state index in [0.717, 1.165) is 12.0 Å². The minimum atomic E-state index is -0.315. The molecule has 1 aliphatic heterocycles. The third kappa shape index (κ3) is 3.89. The molecule has 132 valence electrons. The molecule has 2 amide bonds. The maximum absolute atomic E-state index is 12.8. The molecular weight excluding hydrogens is 304 g/mol. The first-order valence-corrected chi connectivity index (χ1v) is 8.52. The van der Waals surface area contributed by atoms with Gasteiger partial charge in [0.1, 0.15) is 0 Å². The Kier molecular flexibility index (Phi) is 5.86. The van der Waals surface area contributed by atoms with E-state index >= 15 is 0 Å². The molecule has 0 radical (unpaired) electrons. The van der Waals surface area contributed by atoms with Crippen molar-refractivity contribution in [3.63, 3.8) is 0 Å². The number of nitrogens with zero attached hydrogens (tertiary/aromatic N) is 2. The summed E-state index contributed by atoms with van der Waals surface area (Å²) in [7, 11) is 1.39. The van der Waals surface area contributed by atoms with Crippen LogP contribution in [0.4, 0.5) is 4.79 Å². The molecule has 1 aromatic rings. The van der Waals surface area contributed by atoms with Crippen LogP contribution in [0.1, 0.15) is 34.2 Å². The van der Waals surface area contributed by atoms with Gasteiger partial charge in [0, 0.05) is 26.2 Å². The summed E-state index contributed by atoms with van der Waals surface area (Å²) in [5.74, 6) is 0.137. The van der Waals surface area contributed by atoms with E-state index in [1.54, 1.807) is 4.90 Å². The molecule has 0 atom stereocenters. The Hall–Kier alpha value is -2.04. The lowest BCUT2D eigenvalue weighted by Crippen LogP contribution is -2.38. The van der Waals surface area contributed by atoms with E-state index in [0.29, 0.717) is 32.6 Å². The van der Waals surface area contributed by atoms with Crippen LogP contribution in [0.25, 0.3) is 0 Å². The second kappa shape index (κ2) is 7.69. The van der Waals surface area contributed by atoms with Gasteiger partial charge in [0.05, 0.1) is 13.5 Å². The number of benzene rings is 1. The van der Waals surface area contributed by atoms with Crippen molar-refractivity contribution in [2.24, 2.45) is 0 Å². The molecule has 0 aliphatic carbocycles. The third-order valence-corrected chi connectivity index (χ3v) is 5.13. The van der Waals surface area contributed by atoms with Crippen LogP contribution in [-0.4, -0.2) is 55.1 Å². The molecule has 5 heteroatoms. The number of aryl methyl sites for hydroxylation is 2. The van der Waals surface area contributed by atoms with Gasteiger partial charge in [-0.25, -0.2) is 4.79 Å². The van der Waals surface area contributed by atoms with E-state index in [-0.39, 0.29) is 12.0 Å². The molecule has 24 heavy (non-hydrogen) atoms. The van der Waals surface area contributed by atoms with Crippen LogP contribution in [-0.2, 0) is 16.0 Å². The molecule has 1 heterocycles. The van der Waals surface area contributed by atoms with Crippen molar-refractivity contribution in [1.29, 1.82) is 0 Å². The predicted molar refractivity (Wildman–Crippen MR) is 94.3 cm³/mol. The fourth-order valence-electron chi connectivity index (χ4n) is 3.31. The Morgan fingerprint density at radius 3 is 2.08 bits per heavy atom. The quantitative estimate of drug-likeness (QED) is 0.837. The Balaban J connectivity index is 2.10. The molecular formula is C19H28N2O3. The third-order valence-electron chi connectivity index (χ3n) is 5.13. The van der Waals surface area contributed by atoms with Crippen molar-refractivity contribution in [3.8, 4) is 0 Å². The molecule has 0 spiro atoms. The molecule has 2 rings (SSSR count). The highest BCUT2D eigenvalue weighted by Gasteiger charge is 2.23. The van der Waals surface area contributed by atoms with E-state index in [1.807, 2.05) is 4.90 Å². The summed E-state index contributed by atoms with van der Waals surface area (Å²) in [4.78, 5) is 28.0. The smallest absolute Gasteiger partial charge is 0.409 e. The van der Waals surface area contributed by atoms with Crippen LogP contribution < -0.4 is 0 Å². The lowest BCUT2D eigenvalue weighted by molar-refractivity contribution is -0.130. The monoisotopic (exact) mass is 332 g/mol. The summed E-state index contributed by atoms with van der Waals surface area (Å²) in [6.45, 7) is 10.8. The number of carbonyl (C=O) groups is 2. The van der Waals surface area contributed by atoms with Gasteiger partial charge in [0.15, 0.2) is 0 Å². The van der Waals surface area contributed by atoms with Gasteiger partial charge in [0.2, 0.25) is 5.91 Å². The van der Waals surface area contributed by atoms with Crippen LogP contribution in [0.5, 0.6) is 0 Å². The lowest BCUT2D eigenvalue weighted by atomic mass is 9.92. The van der Waals surface area contributed by atoms with E-state index in [9.17, 15) is 9.59 Å². The Morgan fingerprint density at radius 1 is 0.958 bits per heavy atom. The number of hydrogen-bond donors (Lipinski definition) is 0. The number of rotatable bonds is 2. The van der Waals surface area contributed by atoms with Gasteiger partial charge < -0.3 is 14.5 Å². The van der Waals surface area contributed by atoms with Gasteiger partial charge in [-0.3, -0.25) is 4.79 Å². The molecule has 1 fully saturated rings. The normalized spacial score (nSPS) is 15.2. The standard InChI is InChI=1S/C19H28N2O3/c1-13-11-14(2)16(4)17(15(13)3)12-18(22)20-7-6-8-21(10-9-20)19(23)24-5/h11H,6-10,12H2,1-5H3. The lowest BCUT2D eigenvalue weighted by Gasteiger charge is -2.23. The second-order valence-corrected chi connectivity index (χ2v) is 6.61. The second-order valence-electron chi connectivity index (χ2n) is 6.61. The van der Waals surface area contributed by atoms with E-state index in [4.69, 9.17) is 4.74 Å². The van der Waals surface area contributed by atoms with Gasteiger partial charge in [-0.2, -0.15) is 0 Å². The van der Waals surface area contributed by atoms with Gasteiger partial charge in [-0.05, 0) is 61.9 Å². The van der Waals surface area contributed by atoms with Gasteiger partial charge in [0.25, 0.3) is 0 Å². The minimum absolute atomic E-state index is 0.137. The summed E-state index contributed by atoms with van der Waals surface area (Å²) < 4.78 is 4.78. The average molecular weight is 332 g/mol. The fraction of sp³-hybridized carbons (Fsp3) is 0.579. The van der Waals surface area contributed by atoms with E-state index in [1.165, 1.54) is 29.4 Å². The fourth-order valence-corrected chi connectivity index (χ4v) is 3.31. The van der Waals surface area contributed by atoms with Gasteiger partial charge in [-0.1, -0.05) is 6.07 Å². The number of ether oxygens (including phenoxy) is 1. The van der Waals surface area contributed by atoms with Crippen molar-refractivity contribution in [3.05, 3.63) is 33.9 Å². The number of methoxy groups -OCH3 is 1. The van der Waals surface area contributed by atoms with Crippen LogP contribution in [0, 0.1) is 27.7 Å².